The van der Waals surface area contributed by atoms with Gasteiger partial charge < -0.3 is 11.1 Å². The van der Waals surface area contributed by atoms with Crippen LogP contribution in [0.5, 0.6) is 0 Å². The lowest BCUT2D eigenvalue weighted by atomic mass is 10.4. The molecule has 64 valence electrons. The molecule has 0 saturated carbocycles. The van der Waals surface area contributed by atoms with Crippen molar-refractivity contribution in [2.75, 3.05) is 6.54 Å². The van der Waals surface area contributed by atoms with Crippen molar-refractivity contribution in [2.24, 2.45) is 5.73 Å². The van der Waals surface area contributed by atoms with E-state index in [-0.39, 0.29) is 12.6 Å². The molecule has 4 N–H and O–H groups in total. The number of hydrogen-bond donors (Lipinski definition) is 3. The summed E-state index contributed by atoms with van der Waals surface area (Å²) >= 11 is 0. The van der Waals surface area contributed by atoms with E-state index < -0.39 is 11.9 Å². The number of carbonyl (C=O) groups is 2. The third-order valence-electron chi connectivity index (χ3n) is 0.933. The maximum Gasteiger partial charge on any atom is 0.318 e. The Bertz CT molecular complexity index is 156. The molecule has 0 unspecified atom stereocenters. The second-order valence-electron chi connectivity index (χ2n) is 2.45. The van der Waals surface area contributed by atoms with Gasteiger partial charge in [0.05, 0.1) is 6.54 Å². The van der Waals surface area contributed by atoms with Crippen molar-refractivity contribution in [3.05, 3.63) is 0 Å². The molecule has 3 amide bonds. The Morgan fingerprint density at radius 2 is 2.00 bits per heavy atom. The van der Waals surface area contributed by atoms with Crippen LogP contribution in [-0.2, 0) is 4.79 Å². The van der Waals surface area contributed by atoms with Gasteiger partial charge in [-0.3, -0.25) is 10.1 Å². The molecule has 0 atom stereocenters. The van der Waals surface area contributed by atoms with Crippen LogP contribution in [0.4, 0.5) is 4.79 Å². The van der Waals surface area contributed by atoms with Gasteiger partial charge in [0, 0.05) is 6.04 Å². The zero-order valence-corrected chi connectivity index (χ0v) is 6.68. The summed E-state index contributed by atoms with van der Waals surface area (Å²) in [5.74, 6) is -0.411. The third-order valence-corrected chi connectivity index (χ3v) is 0.933. The smallest absolute Gasteiger partial charge is 0.318 e. The van der Waals surface area contributed by atoms with E-state index in [4.69, 9.17) is 5.73 Å². The fourth-order valence-electron chi connectivity index (χ4n) is 0.478. The Hall–Kier alpha value is -1.10. The van der Waals surface area contributed by atoms with Crippen LogP contribution in [0, 0.1) is 0 Å². The molecule has 0 aromatic rings. The predicted molar refractivity (Wildman–Crippen MR) is 40.9 cm³/mol. The first-order valence-electron chi connectivity index (χ1n) is 3.35. The normalized spacial score (nSPS) is 9.73. The summed E-state index contributed by atoms with van der Waals surface area (Å²) in [5.41, 5.74) is 4.70. The summed E-state index contributed by atoms with van der Waals surface area (Å²) in [5, 5.41) is 4.77. The van der Waals surface area contributed by atoms with Crippen LogP contribution in [0.25, 0.3) is 0 Å². The topological polar surface area (TPSA) is 84.2 Å². The summed E-state index contributed by atoms with van der Waals surface area (Å²) in [7, 11) is 0. The van der Waals surface area contributed by atoms with Gasteiger partial charge in [-0.15, -0.1) is 0 Å². The van der Waals surface area contributed by atoms with Crippen molar-refractivity contribution in [1.82, 2.24) is 10.6 Å². The number of rotatable bonds is 3. The standard InChI is InChI=1S/C6H13N3O2/c1-4(2)8-3-5(10)9-6(7)11/h4,8H,3H2,1-2H3,(H3,7,9,10,11). The molecule has 0 saturated heterocycles. The highest BCUT2D eigenvalue weighted by molar-refractivity contribution is 5.94. The van der Waals surface area contributed by atoms with Crippen molar-refractivity contribution in [2.45, 2.75) is 19.9 Å². The summed E-state index contributed by atoms with van der Waals surface area (Å²) < 4.78 is 0. The molecule has 0 aliphatic carbocycles. The number of urea groups is 1. The van der Waals surface area contributed by atoms with Gasteiger partial charge in [0.25, 0.3) is 0 Å². The summed E-state index contributed by atoms with van der Waals surface area (Å²) in [4.78, 5) is 20.8. The average molecular weight is 159 g/mol. The van der Waals surface area contributed by atoms with Gasteiger partial charge in [0.2, 0.25) is 5.91 Å². The number of amides is 3. The molecule has 0 aliphatic heterocycles. The molecular formula is C6H13N3O2. The molecule has 0 fully saturated rings. The lowest BCUT2D eigenvalue weighted by Gasteiger charge is -2.05. The average Bonchev–Trinajstić information content (AvgIpc) is 1.82. The van der Waals surface area contributed by atoms with E-state index in [0.717, 1.165) is 0 Å². The molecular weight excluding hydrogens is 146 g/mol. The van der Waals surface area contributed by atoms with E-state index in [2.05, 4.69) is 5.32 Å². The second kappa shape index (κ2) is 4.68. The van der Waals surface area contributed by atoms with Crippen molar-refractivity contribution in [1.29, 1.82) is 0 Å². The first-order chi connectivity index (χ1) is 5.02. The van der Waals surface area contributed by atoms with Crippen molar-refractivity contribution >= 4 is 11.9 Å². The van der Waals surface area contributed by atoms with E-state index in [9.17, 15) is 9.59 Å². The maximum atomic E-state index is 10.7. The molecule has 0 radical (unpaired) electrons. The molecule has 0 aromatic heterocycles. The lowest BCUT2D eigenvalue weighted by molar-refractivity contribution is -0.119. The van der Waals surface area contributed by atoms with E-state index in [1.807, 2.05) is 19.2 Å². The number of nitrogens with two attached hydrogens (primary N) is 1. The first kappa shape index (κ1) is 9.90. The van der Waals surface area contributed by atoms with Crippen molar-refractivity contribution < 1.29 is 9.59 Å². The fourth-order valence-corrected chi connectivity index (χ4v) is 0.478. The number of hydrogen-bond acceptors (Lipinski definition) is 3. The molecule has 5 nitrogen and oxygen atoms in total. The van der Waals surface area contributed by atoms with E-state index in [1.165, 1.54) is 0 Å². The SMILES string of the molecule is CC(C)NCC(=O)NC(N)=O. The number of primary amides is 1. The molecule has 0 spiro atoms. The minimum absolute atomic E-state index is 0.112. The predicted octanol–water partition coefficient (Wildman–Crippen LogP) is -0.821. The number of nitrogens with one attached hydrogen (secondary N) is 2. The van der Waals surface area contributed by atoms with Crippen LogP contribution in [0.3, 0.4) is 0 Å². The maximum absolute atomic E-state index is 10.7. The van der Waals surface area contributed by atoms with Gasteiger partial charge >= 0.3 is 6.03 Å². The van der Waals surface area contributed by atoms with E-state index >= 15 is 0 Å². The van der Waals surface area contributed by atoms with Crippen molar-refractivity contribution in [3.63, 3.8) is 0 Å². The molecule has 11 heavy (non-hydrogen) atoms. The van der Waals surface area contributed by atoms with E-state index in [1.54, 1.807) is 0 Å². The minimum Gasteiger partial charge on any atom is -0.351 e. The van der Waals surface area contributed by atoms with Gasteiger partial charge in [-0.05, 0) is 0 Å². The third kappa shape index (κ3) is 6.79. The zero-order valence-electron chi connectivity index (χ0n) is 6.68. The molecule has 5 heteroatoms. The van der Waals surface area contributed by atoms with Crippen LogP contribution < -0.4 is 16.4 Å². The molecule has 0 aliphatic rings. The van der Waals surface area contributed by atoms with Gasteiger partial charge in [-0.1, -0.05) is 13.8 Å². The molecule has 0 aromatic carbocycles. The highest BCUT2D eigenvalue weighted by atomic mass is 16.2. The zero-order chi connectivity index (χ0) is 8.85. The molecule has 0 bridgehead atoms. The lowest BCUT2D eigenvalue weighted by Crippen LogP contribution is -2.42. The van der Waals surface area contributed by atoms with Crippen LogP contribution in [0.15, 0.2) is 0 Å². The Labute approximate surface area is 65.3 Å². The summed E-state index contributed by atoms with van der Waals surface area (Å²) in [6.45, 7) is 3.91. The van der Waals surface area contributed by atoms with Gasteiger partial charge in [-0.2, -0.15) is 0 Å². The monoisotopic (exact) mass is 159 g/mol. The highest BCUT2D eigenvalue weighted by Gasteiger charge is 2.03. The Kier molecular flexibility index (Phi) is 4.21. The van der Waals surface area contributed by atoms with Gasteiger partial charge in [0.1, 0.15) is 0 Å². The van der Waals surface area contributed by atoms with E-state index in [0.29, 0.717) is 0 Å². The van der Waals surface area contributed by atoms with Crippen LogP contribution in [-0.4, -0.2) is 24.5 Å². The Morgan fingerprint density at radius 1 is 1.45 bits per heavy atom. The molecule has 0 rings (SSSR count). The summed E-state index contributed by atoms with van der Waals surface area (Å²) in [6.07, 6.45) is 0. The second-order valence-corrected chi connectivity index (χ2v) is 2.45. The molecule has 0 heterocycles. The van der Waals surface area contributed by atoms with Crippen LogP contribution in [0.2, 0.25) is 0 Å². The van der Waals surface area contributed by atoms with Gasteiger partial charge in [0.15, 0.2) is 0 Å². The quantitative estimate of drug-likeness (QED) is 0.503. The Balaban J connectivity index is 3.46. The van der Waals surface area contributed by atoms with Crippen LogP contribution in [0.1, 0.15) is 13.8 Å². The largest absolute Gasteiger partial charge is 0.351 e. The number of imide groups is 1. The summed E-state index contributed by atoms with van der Waals surface area (Å²) in [6, 6.07) is -0.603. The minimum atomic E-state index is -0.819. The highest BCUT2D eigenvalue weighted by Crippen LogP contribution is 1.74. The first-order valence-corrected chi connectivity index (χ1v) is 3.35. The number of carbonyl (C=O) groups excluding carboxylic acids is 2. The van der Waals surface area contributed by atoms with Gasteiger partial charge in [-0.25, -0.2) is 4.79 Å². The fraction of sp³-hybridized carbons (Fsp3) is 0.667. The van der Waals surface area contributed by atoms with Crippen molar-refractivity contribution in [3.8, 4) is 0 Å². The Morgan fingerprint density at radius 3 is 2.36 bits per heavy atom. The van der Waals surface area contributed by atoms with Crippen LogP contribution >= 0.6 is 0 Å².